The van der Waals surface area contributed by atoms with Gasteiger partial charge in [-0.3, -0.25) is 0 Å². The number of halogens is 3. The Morgan fingerprint density at radius 1 is 1.14 bits per heavy atom. The minimum absolute atomic E-state index is 0.103. The van der Waals surface area contributed by atoms with Gasteiger partial charge < -0.3 is 10.4 Å². The van der Waals surface area contributed by atoms with Crippen LogP contribution in [0, 0.1) is 0 Å². The lowest BCUT2D eigenvalue weighted by Gasteiger charge is -2.25. The first-order valence-electron chi connectivity index (χ1n) is 8.81. The molecule has 4 rings (SSSR count). The van der Waals surface area contributed by atoms with E-state index in [0.29, 0.717) is 34.7 Å². The highest BCUT2D eigenvalue weighted by molar-refractivity contribution is 9.10. The first-order valence-corrected chi connectivity index (χ1v) is 10.4. The van der Waals surface area contributed by atoms with Crippen molar-refractivity contribution < 1.29 is 5.11 Å². The van der Waals surface area contributed by atoms with Gasteiger partial charge in [0, 0.05) is 33.2 Å². The zero-order valence-electron chi connectivity index (χ0n) is 14.7. The van der Waals surface area contributed by atoms with Crippen molar-refractivity contribution in [3.8, 4) is 0 Å². The molecule has 1 aliphatic rings. The molecule has 1 unspecified atom stereocenters. The molecule has 0 bridgehead atoms. The van der Waals surface area contributed by atoms with Crippen molar-refractivity contribution in [3.05, 3.63) is 80.0 Å². The molecule has 0 saturated carbocycles. The van der Waals surface area contributed by atoms with Crippen LogP contribution >= 0.6 is 39.1 Å². The second-order valence-corrected chi connectivity index (χ2v) is 8.21. The number of benzene rings is 2. The lowest BCUT2D eigenvalue weighted by molar-refractivity contribution is 0.287. The molecule has 0 spiro atoms. The number of fused-ring (bicyclic) bond motifs is 1. The van der Waals surface area contributed by atoms with E-state index in [1.807, 2.05) is 41.1 Å². The highest BCUT2D eigenvalue weighted by Crippen LogP contribution is 2.36. The summed E-state index contributed by atoms with van der Waals surface area (Å²) >= 11 is 16.1. The van der Waals surface area contributed by atoms with Crippen LogP contribution in [0.5, 0.6) is 0 Å². The predicted molar refractivity (Wildman–Crippen MR) is 116 cm³/mol. The standard InChI is InChI=1S/C20H17BrCl2N4O/c21-13-5-3-12(4-6-13)17-11-18(15-8-7-14(22)10-16(15)23)27-20(24-17)25-19(26-27)2-1-9-28/h3-8,10-11,18,28H,1-2,9H2,(H,24,25,26). The topological polar surface area (TPSA) is 63.0 Å². The number of allylic oxidation sites excluding steroid dienone is 1. The molecule has 0 radical (unpaired) electrons. The molecule has 28 heavy (non-hydrogen) atoms. The van der Waals surface area contributed by atoms with Crippen LogP contribution in [0.25, 0.3) is 5.70 Å². The average molecular weight is 480 g/mol. The second-order valence-electron chi connectivity index (χ2n) is 6.45. The molecule has 8 heteroatoms. The summed E-state index contributed by atoms with van der Waals surface area (Å²) in [5.41, 5.74) is 2.85. The van der Waals surface area contributed by atoms with Crippen LogP contribution in [0.3, 0.4) is 0 Å². The number of hydrogen-bond acceptors (Lipinski definition) is 4. The number of rotatable bonds is 5. The van der Waals surface area contributed by atoms with Gasteiger partial charge in [0.15, 0.2) is 5.82 Å². The summed E-state index contributed by atoms with van der Waals surface area (Å²) < 4.78 is 2.84. The molecule has 2 N–H and O–H groups in total. The first-order chi connectivity index (χ1) is 13.5. The van der Waals surface area contributed by atoms with Gasteiger partial charge in [-0.05, 0) is 47.9 Å². The zero-order chi connectivity index (χ0) is 19.7. The molecule has 2 aromatic carbocycles. The highest BCUT2D eigenvalue weighted by atomic mass is 79.9. The van der Waals surface area contributed by atoms with E-state index in [-0.39, 0.29) is 12.6 Å². The Morgan fingerprint density at radius 3 is 2.64 bits per heavy atom. The molecule has 0 saturated heterocycles. The van der Waals surface area contributed by atoms with Gasteiger partial charge >= 0.3 is 0 Å². The molecule has 0 fully saturated rings. The Morgan fingerprint density at radius 2 is 1.93 bits per heavy atom. The van der Waals surface area contributed by atoms with E-state index in [1.165, 1.54) is 0 Å². The summed E-state index contributed by atoms with van der Waals surface area (Å²) in [6.45, 7) is 0.103. The summed E-state index contributed by atoms with van der Waals surface area (Å²) in [6, 6.07) is 13.3. The monoisotopic (exact) mass is 478 g/mol. The van der Waals surface area contributed by atoms with Crippen molar-refractivity contribution in [2.45, 2.75) is 18.9 Å². The summed E-state index contributed by atoms with van der Waals surface area (Å²) in [4.78, 5) is 4.61. The van der Waals surface area contributed by atoms with E-state index in [4.69, 9.17) is 28.3 Å². The van der Waals surface area contributed by atoms with Gasteiger partial charge in [-0.1, -0.05) is 57.3 Å². The highest BCUT2D eigenvalue weighted by Gasteiger charge is 2.26. The average Bonchev–Trinajstić information content (AvgIpc) is 3.09. The van der Waals surface area contributed by atoms with Gasteiger partial charge in [0.2, 0.25) is 5.95 Å². The van der Waals surface area contributed by atoms with Crippen LogP contribution in [0.2, 0.25) is 10.0 Å². The predicted octanol–water partition coefficient (Wildman–Crippen LogP) is 5.33. The van der Waals surface area contributed by atoms with Crippen LogP contribution in [-0.2, 0) is 6.42 Å². The fourth-order valence-corrected chi connectivity index (χ4v) is 3.93. The van der Waals surface area contributed by atoms with Gasteiger partial charge in [0.1, 0.15) is 6.04 Å². The van der Waals surface area contributed by atoms with E-state index in [0.717, 1.165) is 21.3 Å². The number of anilines is 1. The smallest absolute Gasteiger partial charge is 0.226 e. The van der Waals surface area contributed by atoms with Crippen LogP contribution in [0.1, 0.15) is 29.4 Å². The van der Waals surface area contributed by atoms with Gasteiger partial charge in [-0.25, -0.2) is 4.68 Å². The maximum absolute atomic E-state index is 9.11. The molecule has 1 atom stereocenters. The van der Waals surface area contributed by atoms with E-state index >= 15 is 0 Å². The molecule has 1 aromatic heterocycles. The normalized spacial score (nSPS) is 15.7. The largest absolute Gasteiger partial charge is 0.396 e. The Bertz CT molecular complexity index is 1030. The minimum atomic E-state index is -0.227. The van der Waals surface area contributed by atoms with Gasteiger partial charge in [0.05, 0.1) is 0 Å². The third kappa shape index (κ3) is 3.96. The molecule has 144 valence electrons. The maximum atomic E-state index is 9.11. The molecule has 0 amide bonds. The van der Waals surface area contributed by atoms with E-state index in [1.54, 1.807) is 6.07 Å². The van der Waals surface area contributed by atoms with E-state index < -0.39 is 0 Å². The third-order valence-electron chi connectivity index (χ3n) is 4.50. The number of aliphatic hydroxyl groups excluding tert-OH is 1. The SMILES string of the molecule is OCCCc1nc2n(n1)C(c1ccc(Cl)cc1Cl)C=C(c1ccc(Br)cc1)N2. The molecule has 5 nitrogen and oxygen atoms in total. The summed E-state index contributed by atoms with van der Waals surface area (Å²) in [5.74, 6) is 1.32. The van der Waals surface area contributed by atoms with Crippen LogP contribution in [0.15, 0.2) is 53.0 Å². The summed E-state index contributed by atoms with van der Waals surface area (Å²) in [7, 11) is 0. The minimum Gasteiger partial charge on any atom is -0.396 e. The first kappa shape index (κ1) is 19.5. The number of aromatic nitrogens is 3. The Labute approximate surface area is 181 Å². The fourth-order valence-electron chi connectivity index (χ4n) is 3.14. The molecular weight excluding hydrogens is 463 g/mol. The van der Waals surface area contributed by atoms with Gasteiger partial charge in [-0.15, -0.1) is 0 Å². The lowest BCUT2D eigenvalue weighted by atomic mass is 10.0. The number of aryl methyl sites for hydroxylation is 1. The molecule has 0 aliphatic carbocycles. The maximum Gasteiger partial charge on any atom is 0.226 e. The lowest BCUT2D eigenvalue weighted by Crippen LogP contribution is -2.20. The molecule has 3 aromatic rings. The number of aliphatic hydroxyl groups is 1. The molecular formula is C20H17BrCl2N4O. The second kappa shape index (κ2) is 8.25. The molecule has 1 aliphatic heterocycles. The van der Waals surface area contributed by atoms with Crippen molar-refractivity contribution in [2.24, 2.45) is 0 Å². The van der Waals surface area contributed by atoms with E-state index in [9.17, 15) is 0 Å². The Balaban J connectivity index is 1.80. The molecule has 2 heterocycles. The van der Waals surface area contributed by atoms with Crippen LogP contribution < -0.4 is 5.32 Å². The summed E-state index contributed by atoms with van der Waals surface area (Å²) in [5, 5.41) is 18.3. The van der Waals surface area contributed by atoms with Crippen molar-refractivity contribution in [1.82, 2.24) is 14.8 Å². The number of hydrogen-bond donors (Lipinski definition) is 2. The van der Waals surface area contributed by atoms with Crippen molar-refractivity contribution in [2.75, 3.05) is 11.9 Å². The van der Waals surface area contributed by atoms with Crippen molar-refractivity contribution >= 4 is 50.8 Å². The fraction of sp³-hybridized carbons (Fsp3) is 0.200. The zero-order valence-corrected chi connectivity index (χ0v) is 17.8. The summed E-state index contributed by atoms with van der Waals surface area (Å²) in [6.07, 6.45) is 3.30. The number of nitrogens with zero attached hydrogens (tertiary/aromatic N) is 3. The Hall–Kier alpha value is -1.86. The number of nitrogens with one attached hydrogen (secondary N) is 1. The van der Waals surface area contributed by atoms with Gasteiger partial charge in [-0.2, -0.15) is 10.1 Å². The van der Waals surface area contributed by atoms with Crippen LogP contribution in [0.4, 0.5) is 5.95 Å². The Kier molecular flexibility index (Phi) is 5.73. The van der Waals surface area contributed by atoms with Crippen LogP contribution in [-0.4, -0.2) is 26.5 Å². The quantitative estimate of drug-likeness (QED) is 0.519. The van der Waals surface area contributed by atoms with Gasteiger partial charge in [0.25, 0.3) is 0 Å². The van der Waals surface area contributed by atoms with Crippen molar-refractivity contribution in [1.29, 1.82) is 0 Å². The van der Waals surface area contributed by atoms with Crippen molar-refractivity contribution in [3.63, 3.8) is 0 Å². The third-order valence-corrected chi connectivity index (χ3v) is 5.60. The van der Waals surface area contributed by atoms with E-state index in [2.05, 4.69) is 37.4 Å².